The minimum absolute atomic E-state index is 0.00955. The fraction of sp³-hybridized carbons (Fsp3) is 0.471. The van der Waals surface area contributed by atoms with Crippen LogP contribution in [0.25, 0.3) is 0 Å². The SMILES string of the molecule is CN1N=C(c2ccc(S(C)(=O)=O)c(Cl)c2)C(C)(N(O)C(=O)OC(C)(C)C)C1=O. The molecule has 0 saturated heterocycles. The van der Waals surface area contributed by atoms with Crippen LogP contribution in [0.5, 0.6) is 0 Å². The summed E-state index contributed by atoms with van der Waals surface area (Å²) in [6.45, 7) is 6.15. The Hall–Kier alpha value is -2.17. The fourth-order valence-electron chi connectivity index (χ4n) is 2.68. The highest BCUT2D eigenvalue weighted by atomic mass is 35.5. The molecule has 1 aliphatic rings. The van der Waals surface area contributed by atoms with Gasteiger partial charge >= 0.3 is 6.09 Å². The van der Waals surface area contributed by atoms with Gasteiger partial charge in [0.2, 0.25) is 0 Å². The minimum atomic E-state index is -3.56. The molecular weight excluding hydrogens is 410 g/mol. The predicted molar refractivity (Wildman–Crippen MR) is 102 cm³/mol. The first kappa shape index (κ1) is 22.1. The zero-order valence-corrected chi connectivity index (χ0v) is 17.9. The second-order valence-electron chi connectivity index (χ2n) is 7.56. The van der Waals surface area contributed by atoms with Crippen LogP contribution >= 0.6 is 11.6 Å². The van der Waals surface area contributed by atoms with Crippen molar-refractivity contribution in [3.05, 3.63) is 28.8 Å². The summed E-state index contributed by atoms with van der Waals surface area (Å²) >= 11 is 6.09. The van der Waals surface area contributed by atoms with E-state index >= 15 is 0 Å². The number of carbonyl (C=O) groups excluding carboxylic acids is 2. The first-order chi connectivity index (χ1) is 12.6. The summed E-state index contributed by atoms with van der Waals surface area (Å²) in [5.74, 6) is -0.681. The standard InChI is InChI=1S/C17H22ClN3O6S/c1-16(2,3)27-15(23)21(24)17(4)13(19-20(5)14(17)22)10-7-8-12(11(18)9-10)28(6,25)26/h7-9,24H,1-6H3. The predicted octanol–water partition coefficient (Wildman–Crippen LogP) is 2.30. The summed E-state index contributed by atoms with van der Waals surface area (Å²) in [5.41, 5.74) is -2.53. The largest absolute Gasteiger partial charge is 0.442 e. The third-order valence-corrected chi connectivity index (χ3v) is 5.60. The Morgan fingerprint density at radius 1 is 1.36 bits per heavy atom. The van der Waals surface area contributed by atoms with Crippen molar-refractivity contribution >= 4 is 39.2 Å². The molecule has 9 nitrogen and oxygen atoms in total. The Morgan fingerprint density at radius 2 is 1.93 bits per heavy atom. The van der Waals surface area contributed by atoms with Crippen molar-refractivity contribution in [3.63, 3.8) is 0 Å². The van der Waals surface area contributed by atoms with Crippen LogP contribution in [0.15, 0.2) is 28.2 Å². The smallest absolute Gasteiger partial charge is 0.435 e. The zero-order valence-electron chi connectivity index (χ0n) is 16.3. The molecule has 1 aliphatic heterocycles. The summed E-state index contributed by atoms with van der Waals surface area (Å²) < 4.78 is 28.7. The van der Waals surface area contributed by atoms with Crippen molar-refractivity contribution in [1.82, 2.24) is 10.1 Å². The highest BCUT2D eigenvalue weighted by Crippen LogP contribution is 2.32. The van der Waals surface area contributed by atoms with Crippen LogP contribution in [0.1, 0.15) is 33.3 Å². The number of hydrazone groups is 1. The van der Waals surface area contributed by atoms with Gasteiger partial charge in [-0.05, 0) is 39.8 Å². The molecule has 0 bridgehead atoms. The van der Waals surface area contributed by atoms with Gasteiger partial charge in [0, 0.05) is 18.9 Å². The Kier molecular flexibility index (Phi) is 5.54. The van der Waals surface area contributed by atoms with Gasteiger partial charge in [0.15, 0.2) is 15.4 Å². The van der Waals surface area contributed by atoms with Crippen molar-refractivity contribution in [2.75, 3.05) is 13.3 Å². The molecule has 0 spiro atoms. The molecule has 0 radical (unpaired) electrons. The van der Waals surface area contributed by atoms with Gasteiger partial charge in [-0.15, -0.1) is 0 Å². The number of ether oxygens (including phenoxy) is 1. The van der Waals surface area contributed by atoms with E-state index in [1.54, 1.807) is 20.8 Å². The molecule has 0 fully saturated rings. The van der Waals surface area contributed by atoms with Crippen LogP contribution in [-0.4, -0.2) is 65.9 Å². The maximum Gasteiger partial charge on any atom is 0.435 e. The Morgan fingerprint density at radius 3 is 2.39 bits per heavy atom. The van der Waals surface area contributed by atoms with E-state index in [2.05, 4.69) is 5.10 Å². The van der Waals surface area contributed by atoms with E-state index in [1.807, 2.05) is 0 Å². The topological polar surface area (TPSA) is 117 Å². The van der Waals surface area contributed by atoms with Gasteiger partial charge in [0.1, 0.15) is 11.3 Å². The molecule has 0 aliphatic carbocycles. The number of benzene rings is 1. The van der Waals surface area contributed by atoms with E-state index in [-0.39, 0.29) is 26.3 Å². The molecule has 1 unspecified atom stereocenters. The van der Waals surface area contributed by atoms with Crippen molar-refractivity contribution in [3.8, 4) is 0 Å². The van der Waals surface area contributed by atoms with Gasteiger partial charge in [0.25, 0.3) is 5.91 Å². The summed E-state index contributed by atoms with van der Waals surface area (Å²) in [7, 11) is -2.19. The molecular formula is C17H22ClN3O6S. The van der Waals surface area contributed by atoms with Crippen molar-refractivity contribution in [2.45, 2.75) is 43.7 Å². The Labute approximate surface area is 168 Å². The number of likely N-dealkylation sites (N-methyl/N-ethyl adjacent to an activating group) is 1. The quantitative estimate of drug-likeness (QED) is 0.579. The van der Waals surface area contributed by atoms with E-state index < -0.39 is 33.0 Å². The average molecular weight is 432 g/mol. The van der Waals surface area contributed by atoms with Crippen molar-refractivity contribution in [1.29, 1.82) is 0 Å². The molecule has 1 aromatic rings. The molecule has 0 aromatic heterocycles. The van der Waals surface area contributed by atoms with Crippen LogP contribution in [0.2, 0.25) is 5.02 Å². The zero-order chi connectivity index (χ0) is 21.7. The summed E-state index contributed by atoms with van der Waals surface area (Å²) in [6.07, 6.45) is -0.120. The molecule has 2 rings (SSSR count). The lowest BCUT2D eigenvalue weighted by Crippen LogP contribution is -2.59. The van der Waals surface area contributed by atoms with Gasteiger partial charge in [-0.3, -0.25) is 10.0 Å². The molecule has 1 atom stereocenters. The Bertz CT molecular complexity index is 970. The Balaban J connectivity index is 2.53. The number of hydrogen-bond acceptors (Lipinski definition) is 7. The molecule has 2 amide bonds. The van der Waals surface area contributed by atoms with Crippen molar-refractivity contribution < 1.29 is 28.0 Å². The lowest BCUT2D eigenvalue weighted by atomic mass is 9.90. The number of nitrogens with zero attached hydrogens (tertiary/aromatic N) is 3. The van der Waals surface area contributed by atoms with Crippen LogP contribution < -0.4 is 0 Å². The van der Waals surface area contributed by atoms with E-state index in [9.17, 15) is 23.2 Å². The van der Waals surface area contributed by atoms with Crippen LogP contribution in [0.4, 0.5) is 4.79 Å². The number of hydrogen-bond donors (Lipinski definition) is 1. The normalized spacial score (nSPS) is 20.2. The average Bonchev–Trinajstić information content (AvgIpc) is 2.76. The first-order valence-corrected chi connectivity index (χ1v) is 10.5. The summed E-state index contributed by atoms with van der Waals surface area (Å²) in [6, 6.07) is 3.98. The lowest BCUT2D eigenvalue weighted by molar-refractivity contribution is -0.161. The van der Waals surface area contributed by atoms with Gasteiger partial charge in [-0.25, -0.2) is 18.2 Å². The van der Waals surface area contributed by atoms with Gasteiger partial charge in [-0.1, -0.05) is 17.7 Å². The van der Waals surface area contributed by atoms with Crippen LogP contribution in [0.3, 0.4) is 0 Å². The molecule has 1 N–H and O–H groups in total. The molecule has 1 aromatic carbocycles. The highest BCUT2D eigenvalue weighted by Gasteiger charge is 2.54. The number of amides is 2. The second kappa shape index (κ2) is 7.02. The van der Waals surface area contributed by atoms with E-state index in [4.69, 9.17) is 16.3 Å². The minimum Gasteiger partial charge on any atom is -0.442 e. The fourth-order valence-corrected chi connectivity index (χ4v) is 4.00. The third-order valence-electron chi connectivity index (χ3n) is 4.02. The molecule has 28 heavy (non-hydrogen) atoms. The second-order valence-corrected chi connectivity index (χ2v) is 9.95. The number of rotatable bonds is 3. The molecule has 0 saturated carbocycles. The molecule has 11 heteroatoms. The van der Waals surface area contributed by atoms with Crippen LogP contribution in [0, 0.1) is 0 Å². The third kappa shape index (κ3) is 3.98. The van der Waals surface area contributed by atoms with E-state index in [0.29, 0.717) is 0 Å². The number of halogens is 1. The number of sulfone groups is 1. The van der Waals surface area contributed by atoms with Gasteiger partial charge in [0.05, 0.1) is 9.92 Å². The van der Waals surface area contributed by atoms with Crippen molar-refractivity contribution in [2.24, 2.45) is 5.10 Å². The maximum absolute atomic E-state index is 12.7. The molecule has 154 valence electrons. The number of hydroxylamine groups is 2. The van der Waals surface area contributed by atoms with Gasteiger partial charge in [-0.2, -0.15) is 10.2 Å². The van der Waals surface area contributed by atoms with E-state index in [1.165, 1.54) is 32.2 Å². The highest BCUT2D eigenvalue weighted by molar-refractivity contribution is 7.90. The van der Waals surface area contributed by atoms with Gasteiger partial charge < -0.3 is 4.74 Å². The summed E-state index contributed by atoms with van der Waals surface area (Å²) in [4.78, 5) is 25.0. The lowest BCUT2D eigenvalue weighted by Gasteiger charge is -2.33. The summed E-state index contributed by atoms with van der Waals surface area (Å²) in [5, 5.41) is 15.7. The van der Waals surface area contributed by atoms with Crippen LogP contribution in [-0.2, 0) is 19.4 Å². The van der Waals surface area contributed by atoms with E-state index in [0.717, 1.165) is 11.3 Å². The maximum atomic E-state index is 12.7. The first-order valence-electron chi connectivity index (χ1n) is 8.18. The number of carbonyl (C=O) groups is 2. The molecule has 1 heterocycles. The monoisotopic (exact) mass is 431 g/mol.